The van der Waals surface area contributed by atoms with E-state index in [0.29, 0.717) is 11.5 Å². The number of aromatic nitrogens is 3. The van der Waals surface area contributed by atoms with Gasteiger partial charge in [-0.15, -0.1) is 5.10 Å². The van der Waals surface area contributed by atoms with Gasteiger partial charge < -0.3 is 10.1 Å². The number of aromatic amines is 1. The van der Waals surface area contributed by atoms with Crippen LogP contribution in [-0.2, 0) is 0 Å². The van der Waals surface area contributed by atoms with Crippen molar-refractivity contribution in [1.29, 1.82) is 0 Å². The Morgan fingerprint density at radius 3 is 2.80 bits per heavy atom. The molecule has 1 aromatic carbocycles. The molecule has 1 aromatic heterocycles. The molecule has 9 heteroatoms. The van der Waals surface area contributed by atoms with Gasteiger partial charge in [-0.1, -0.05) is 11.6 Å². The first-order valence-corrected chi connectivity index (χ1v) is 5.78. The Kier molecular flexibility index (Phi) is 4.14. The molecule has 0 saturated heterocycles. The van der Waals surface area contributed by atoms with Crippen LogP contribution < -0.4 is 10.1 Å². The van der Waals surface area contributed by atoms with E-state index in [0.717, 1.165) is 0 Å². The molecule has 0 unspecified atom stereocenters. The van der Waals surface area contributed by atoms with E-state index in [1.165, 1.54) is 18.2 Å². The molecule has 0 aliphatic carbocycles. The molecule has 106 valence electrons. The number of hydrogen-bond donors (Lipinski definition) is 2. The first-order valence-electron chi connectivity index (χ1n) is 5.40. The Morgan fingerprint density at radius 1 is 1.50 bits per heavy atom. The smallest absolute Gasteiger partial charge is 0.387 e. The lowest BCUT2D eigenvalue weighted by atomic mass is 10.3. The highest BCUT2D eigenvalue weighted by Crippen LogP contribution is 2.29. The van der Waals surface area contributed by atoms with Gasteiger partial charge in [-0.05, 0) is 25.1 Å². The average Bonchev–Trinajstić information content (AvgIpc) is 2.79. The maximum absolute atomic E-state index is 12.1. The van der Waals surface area contributed by atoms with E-state index in [9.17, 15) is 13.6 Å². The van der Waals surface area contributed by atoms with Crippen molar-refractivity contribution in [2.24, 2.45) is 0 Å². The number of amides is 1. The lowest BCUT2D eigenvalue weighted by Gasteiger charge is -2.08. The van der Waals surface area contributed by atoms with Gasteiger partial charge in [-0.3, -0.25) is 9.89 Å². The van der Waals surface area contributed by atoms with Crippen molar-refractivity contribution >= 4 is 23.2 Å². The van der Waals surface area contributed by atoms with Gasteiger partial charge in [0.05, 0.1) is 5.02 Å². The highest BCUT2D eigenvalue weighted by atomic mass is 35.5. The fraction of sp³-hybridized carbons (Fsp3) is 0.182. The first kappa shape index (κ1) is 14.2. The fourth-order valence-electron chi connectivity index (χ4n) is 1.40. The van der Waals surface area contributed by atoms with Crippen LogP contribution in [0.3, 0.4) is 0 Å². The van der Waals surface area contributed by atoms with Gasteiger partial charge in [0.2, 0.25) is 5.82 Å². The molecule has 0 fully saturated rings. The zero-order valence-electron chi connectivity index (χ0n) is 10.2. The average molecular weight is 303 g/mol. The molecule has 0 atom stereocenters. The van der Waals surface area contributed by atoms with E-state index in [-0.39, 0.29) is 16.6 Å². The van der Waals surface area contributed by atoms with Crippen LogP contribution in [0.15, 0.2) is 18.2 Å². The van der Waals surface area contributed by atoms with E-state index in [2.05, 4.69) is 25.2 Å². The Hall–Kier alpha value is -2.22. The Balaban J connectivity index is 2.10. The lowest BCUT2D eigenvalue weighted by molar-refractivity contribution is -0.0497. The summed E-state index contributed by atoms with van der Waals surface area (Å²) in [7, 11) is 0. The number of carbonyl (C=O) groups excluding carboxylic acids is 1. The van der Waals surface area contributed by atoms with Crippen LogP contribution in [0.1, 0.15) is 16.4 Å². The topological polar surface area (TPSA) is 79.9 Å². The molecule has 0 aliphatic rings. The van der Waals surface area contributed by atoms with Crippen LogP contribution in [0.2, 0.25) is 5.02 Å². The Labute approximate surface area is 117 Å². The van der Waals surface area contributed by atoms with Gasteiger partial charge >= 0.3 is 6.61 Å². The second kappa shape index (κ2) is 5.83. The number of alkyl halides is 2. The number of benzene rings is 1. The summed E-state index contributed by atoms with van der Waals surface area (Å²) in [4.78, 5) is 15.6. The third kappa shape index (κ3) is 3.41. The molecule has 1 heterocycles. The van der Waals surface area contributed by atoms with Crippen molar-refractivity contribution in [3.63, 3.8) is 0 Å². The summed E-state index contributed by atoms with van der Waals surface area (Å²) in [6.07, 6.45) is 0. The third-order valence-electron chi connectivity index (χ3n) is 2.21. The number of carbonyl (C=O) groups is 1. The molecule has 0 bridgehead atoms. The van der Waals surface area contributed by atoms with Crippen LogP contribution in [0.25, 0.3) is 0 Å². The first-order chi connectivity index (χ1) is 9.45. The molecule has 0 aliphatic heterocycles. The number of anilines is 1. The minimum Gasteiger partial charge on any atom is -0.433 e. The van der Waals surface area contributed by atoms with Crippen molar-refractivity contribution in [2.45, 2.75) is 13.5 Å². The van der Waals surface area contributed by atoms with Gasteiger partial charge in [-0.25, -0.2) is 4.98 Å². The fourth-order valence-corrected chi connectivity index (χ4v) is 1.63. The van der Waals surface area contributed by atoms with Crippen molar-refractivity contribution in [3.8, 4) is 5.75 Å². The standard InChI is InChI=1S/C11H9ClF2N4O2/c1-5-15-9(18-17-5)10(19)16-6-2-3-8(7(12)4-6)20-11(13)14/h2-4,11H,1H3,(H,16,19)(H,15,17,18). The number of nitrogens with one attached hydrogen (secondary N) is 2. The molecule has 0 saturated carbocycles. The number of H-pyrrole nitrogens is 1. The van der Waals surface area contributed by atoms with E-state index in [1.807, 2.05) is 0 Å². The zero-order chi connectivity index (χ0) is 14.7. The number of ether oxygens (including phenoxy) is 1. The van der Waals surface area contributed by atoms with Crippen LogP contribution in [-0.4, -0.2) is 27.7 Å². The predicted octanol–water partition coefficient (Wildman–Crippen LogP) is 2.62. The zero-order valence-corrected chi connectivity index (χ0v) is 10.9. The highest BCUT2D eigenvalue weighted by molar-refractivity contribution is 6.32. The summed E-state index contributed by atoms with van der Waals surface area (Å²) in [6.45, 7) is -1.32. The maximum atomic E-state index is 12.1. The quantitative estimate of drug-likeness (QED) is 0.910. The molecule has 2 aromatic rings. The van der Waals surface area contributed by atoms with Crippen molar-refractivity contribution in [1.82, 2.24) is 15.2 Å². The van der Waals surface area contributed by atoms with E-state index in [1.54, 1.807) is 6.92 Å². The van der Waals surface area contributed by atoms with Gasteiger partial charge in [0.25, 0.3) is 5.91 Å². The summed E-state index contributed by atoms with van der Waals surface area (Å²) >= 11 is 5.76. The largest absolute Gasteiger partial charge is 0.433 e. The molecule has 20 heavy (non-hydrogen) atoms. The van der Waals surface area contributed by atoms with Crippen LogP contribution >= 0.6 is 11.6 Å². The Bertz CT molecular complexity index is 633. The van der Waals surface area contributed by atoms with Gasteiger partial charge in [0, 0.05) is 5.69 Å². The Morgan fingerprint density at radius 2 is 2.25 bits per heavy atom. The minimum absolute atomic E-state index is 0.0356. The second-order valence-electron chi connectivity index (χ2n) is 3.72. The molecule has 0 spiro atoms. The number of aryl methyl sites for hydroxylation is 1. The third-order valence-corrected chi connectivity index (χ3v) is 2.50. The molecule has 2 rings (SSSR count). The lowest BCUT2D eigenvalue weighted by Crippen LogP contribution is -2.14. The van der Waals surface area contributed by atoms with Crippen molar-refractivity contribution in [2.75, 3.05) is 5.32 Å². The van der Waals surface area contributed by atoms with Gasteiger partial charge in [0.1, 0.15) is 11.6 Å². The van der Waals surface area contributed by atoms with E-state index >= 15 is 0 Å². The number of hydrogen-bond acceptors (Lipinski definition) is 4. The molecule has 1 amide bonds. The maximum Gasteiger partial charge on any atom is 0.387 e. The van der Waals surface area contributed by atoms with E-state index in [4.69, 9.17) is 11.6 Å². The van der Waals surface area contributed by atoms with Crippen molar-refractivity contribution in [3.05, 3.63) is 34.9 Å². The van der Waals surface area contributed by atoms with Crippen molar-refractivity contribution < 1.29 is 18.3 Å². The molecular weight excluding hydrogens is 294 g/mol. The monoisotopic (exact) mass is 302 g/mol. The van der Waals surface area contributed by atoms with Crippen LogP contribution in [0.5, 0.6) is 5.75 Å². The molecular formula is C11H9ClF2N4O2. The molecule has 0 radical (unpaired) electrons. The second-order valence-corrected chi connectivity index (χ2v) is 4.13. The summed E-state index contributed by atoms with van der Waals surface area (Å²) in [5.74, 6) is -0.262. The highest BCUT2D eigenvalue weighted by Gasteiger charge is 2.13. The summed E-state index contributed by atoms with van der Waals surface area (Å²) in [5.41, 5.74) is 0.309. The number of rotatable bonds is 4. The number of halogens is 3. The molecule has 2 N–H and O–H groups in total. The SMILES string of the molecule is Cc1nc(C(=O)Nc2ccc(OC(F)F)c(Cl)c2)n[nH]1. The van der Waals surface area contributed by atoms with Crippen LogP contribution in [0, 0.1) is 6.92 Å². The van der Waals surface area contributed by atoms with Gasteiger partial charge in [-0.2, -0.15) is 8.78 Å². The normalized spacial score (nSPS) is 10.7. The van der Waals surface area contributed by atoms with Gasteiger partial charge in [0.15, 0.2) is 0 Å². The van der Waals surface area contributed by atoms with Crippen LogP contribution in [0.4, 0.5) is 14.5 Å². The number of nitrogens with zero attached hydrogens (tertiary/aromatic N) is 2. The minimum atomic E-state index is -2.97. The predicted molar refractivity (Wildman–Crippen MR) is 67.2 cm³/mol. The molecule has 6 nitrogen and oxygen atoms in total. The summed E-state index contributed by atoms with van der Waals surface area (Å²) in [5, 5.41) is 8.65. The summed E-state index contributed by atoms with van der Waals surface area (Å²) in [6, 6.07) is 3.89. The summed E-state index contributed by atoms with van der Waals surface area (Å²) < 4.78 is 28.3. The van der Waals surface area contributed by atoms with E-state index < -0.39 is 12.5 Å².